The average molecular weight is 270 g/mol. The Bertz CT molecular complexity index is 271. The SMILES string of the molecule is C=CC(=O)OCC(CC)CCCC.C=COC(C)=O. The molecule has 0 amide bonds. The number of ether oxygens (including phenoxy) is 2. The number of unbranched alkanes of at least 4 members (excludes halogenated alkanes) is 1. The van der Waals surface area contributed by atoms with E-state index in [-0.39, 0.29) is 11.9 Å². The van der Waals surface area contributed by atoms with Crippen molar-refractivity contribution in [1.82, 2.24) is 0 Å². The van der Waals surface area contributed by atoms with Gasteiger partial charge in [-0.25, -0.2) is 4.79 Å². The molecule has 1 unspecified atom stereocenters. The highest BCUT2D eigenvalue weighted by atomic mass is 16.5. The third kappa shape index (κ3) is 16.4. The van der Waals surface area contributed by atoms with E-state index >= 15 is 0 Å². The minimum absolute atomic E-state index is 0.310. The first kappa shape index (κ1) is 19.8. The fourth-order valence-corrected chi connectivity index (χ4v) is 1.27. The van der Waals surface area contributed by atoms with Crippen LogP contribution in [0.1, 0.15) is 46.5 Å². The summed E-state index contributed by atoms with van der Waals surface area (Å²) in [4.78, 5) is 20.5. The maximum absolute atomic E-state index is 10.8. The van der Waals surface area contributed by atoms with Crippen LogP contribution in [0.15, 0.2) is 25.5 Å². The summed E-state index contributed by atoms with van der Waals surface area (Å²) in [6.45, 7) is 12.7. The lowest BCUT2D eigenvalue weighted by atomic mass is 10.0. The van der Waals surface area contributed by atoms with Crippen molar-refractivity contribution in [3.63, 3.8) is 0 Å². The molecular formula is C15H26O4. The zero-order chi connectivity index (χ0) is 15.1. The first-order chi connectivity index (χ1) is 9.01. The molecule has 0 aliphatic heterocycles. The fraction of sp³-hybridized carbons (Fsp3) is 0.600. The van der Waals surface area contributed by atoms with E-state index in [4.69, 9.17) is 4.74 Å². The summed E-state index contributed by atoms with van der Waals surface area (Å²) in [5, 5.41) is 0. The maximum atomic E-state index is 10.8. The molecule has 0 rings (SSSR count). The normalized spacial score (nSPS) is 10.5. The average Bonchev–Trinajstić information content (AvgIpc) is 2.39. The number of carbonyl (C=O) groups excluding carboxylic acids is 2. The van der Waals surface area contributed by atoms with Crippen LogP contribution < -0.4 is 0 Å². The molecule has 0 aromatic carbocycles. The van der Waals surface area contributed by atoms with E-state index in [2.05, 4.69) is 31.7 Å². The van der Waals surface area contributed by atoms with Crippen LogP contribution in [-0.4, -0.2) is 18.5 Å². The van der Waals surface area contributed by atoms with Gasteiger partial charge in [0, 0.05) is 13.0 Å². The molecule has 0 spiro atoms. The van der Waals surface area contributed by atoms with Crippen LogP contribution >= 0.6 is 0 Å². The number of hydrogen-bond donors (Lipinski definition) is 0. The summed E-state index contributed by atoms with van der Waals surface area (Å²) in [5.74, 6) is -0.121. The Balaban J connectivity index is 0. The molecule has 0 radical (unpaired) electrons. The van der Waals surface area contributed by atoms with Gasteiger partial charge >= 0.3 is 11.9 Å². The van der Waals surface area contributed by atoms with Crippen LogP contribution in [0.3, 0.4) is 0 Å². The third-order valence-electron chi connectivity index (χ3n) is 2.42. The number of esters is 2. The van der Waals surface area contributed by atoms with Crippen LogP contribution in [-0.2, 0) is 19.1 Å². The largest absolute Gasteiger partial charge is 0.462 e. The minimum Gasteiger partial charge on any atom is -0.462 e. The van der Waals surface area contributed by atoms with Gasteiger partial charge in [0.1, 0.15) is 0 Å². The van der Waals surface area contributed by atoms with Crippen molar-refractivity contribution in [2.75, 3.05) is 6.61 Å². The van der Waals surface area contributed by atoms with Crippen molar-refractivity contribution in [2.45, 2.75) is 46.5 Å². The van der Waals surface area contributed by atoms with E-state index in [1.165, 1.54) is 25.8 Å². The molecule has 0 aliphatic rings. The maximum Gasteiger partial charge on any atom is 0.330 e. The molecule has 0 bridgehead atoms. The topological polar surface area (TPSA) is 52.6 Å². The van der Waals surface area contributed by atoms with Crippen LogP contribution in [0.25, 0.3) is 0 Å². The molecule has 0 aromatic rings. The second-order valence-electron chi connectivity index (χ2n) is 4.03. The third-order valence-corrected chi connectivity index (χ3v) is 2.42. The first-order valence-electron chi connectivity index (χ1n) is 6.59. The Hall–Kier alpha value is -1.58. The van der Waals surface area contributed by atoms with Crippen molar-refractivity contribution in [3.8, 4) is 0 Å². The lowest BCUT2D eigenvalue weighted by Crippen LogP contribution is -2.12. The van der Waals surface area contributed by atoms with Gasteiger partial charge in [-0.15, -0.1) is 0 Å². The molecule has 19 heavy (non-hydrogen) atoms. The smallest absolute Gasteiger partial charge is 0.330 e. The van der Waals surface area contributed by atoms with Gasteiger partial charge in [-0.3, -0.25) is 4.79 Å². The molecule has 4 nitrogen and oxygen atoms in total. The van der Waals surface area contributed by atoms with Crippen molar-refractivity contribution in [3.05, 3.63) is 25.5 Å². The Morgan fingerprint density at radius 1 is 1.26 bits per heavy atom. The monoisotopic (exact) mass is 270 g/mol. The van der Waals surface area contributed by atoms with Gasteiger partial charge in [-0.05, 0) is 12.3 Å². The summed E-state index contributed by atoms with van der Waals surface area (Å²) in [6.07, 6.45) is 6.95. The van der Waals surface area contributed by atoms with Gasteiger partial charge < -0.3 is 9.47 Å². The predicted octanol–water partition coefficient (Wildman–Crippen LogP) is 3.63. The lowest BCUT2D eigenvalue weighted by molar-refractivity contribution is -0.139. The van der Waals surface area contributed by atoms with E-state index in [1.54, 1.807) is 0 Å². The van der Waals surface area contributed by atoms with Crippen molar-refractivity contribution in [1.29, 1.82) is 0 Å². The van der Waals surface area contributed by atoms with Crippen LogP contribution in [0, 0.1) is 5.92 Å². The predicted molar refractivity (Wildman–Crippen MR) is 76.4 cm³/mol. The standard InChI is InChI=1S/C11H20O2.C4H6O2/c1-4-7-8-10(5-2)9-13-11(12)6-3;1-3-6-4(2)5/h6,10H,3-5,7-9H2,1-2H3;3H,1H2,2H3. The Morgan fingerprint density at radius 3 is 2.21 bits per heavy atom. The quantitative estimate of drug-likeness (QED) is 0.384. The lowest BCUT2D eigenvalue weighted by Gasteiger charge is -2.13. The molecule has 0 saturated carbocycles. The zero-order valence-corrected chi connectivity index (χ0v) is 12.3. The zero-order valence-electron chi connectivity index (χ0n) is 12.3. The van der Waals surface area contributed by atoms with E-state index in [0.717, 1.165) is 19.1 Å². The van der Waals surface area contributed by atoms with Crippen LogP contribution in [0.4, 0.5) is 0 Å². The minimum atomic E-state index is -0.329. The Kier molecular flexibility index (Phi) is 15.1. The summed E-state index contributed by atoms with van der Waals surface area (Å²) in [5.41, 5.74) is 0. The van der Waals surface area contributed by atoms with E-state index in [1.807, 2.05) is 0 Å². The first-order valence-corrected chi connectivity index (χ1v) is 6.59. The van der Waals surface area contributed by atoms with Crippen molar-refractivity contribution >= 4 is 11.9 Å². The Morgan fingerprint density at radius 2 is 1.89 bits per heavy atom. The molecule has 0 heterocycles. The number of carbonyl (C=O) groups is 2. The van der Waals surface area contributed by atoms with E-state index in [9.17, 15) is 9.59 Å². The molecule has 110 valence electrons. The second-order valence-corrected chi connectivity index (χ2v) is 4.03. The number of hydrogen-bond acceptors (Lipinski definition) is 4. The highest BCUT2D eigenvalue weighted by molar-refractivity contribution is 5.81. The van der Waals surface area contributed by atoms with Crippen LogP contribution in [0.5, 0.6) is 0 Å². The summed E-state index contributed by atoms with van der Waals surface area (Å²) in [6, 6.07) is 0. The summed E-state index contributed by atoms with van der Waals surface area (Å²) >= 11 is 0. The van der Waals surface area contributed by atoms with Crippen molar-refractivity contribution < 1.29 is 19.1 Å². The van der Waals surface area contributed by atoms with E-state index in [0.29, 0.717) is 12.5 Å². The Labute approximate surface area is 116 Å². The molecule has 0 fully saturated rings. The van der Waals surface area contributed by atoms with Crippen molar-refractivity contribution in [2.24, 2.45) is 5.92 Å². The molecule has 4 heteroatoms. The highest BCUT2D eigenvalue weighted by Crippen LogP contribution is 2.12. The molecule has 0 aliphatic carbocycles. The second kappa shape index (κ2) is 14.5. The molecular weight excluding hydrogens is 244 g/mol. The summed E-state index contributed by atoms with van der Waals surface area (Å²) < 4.78 is 9.15. The van der Waals surface area contributed by atoms with Gasteiger partial charge in [0.2, 0.25) is 0 Å². The van der Waals surface area contributed by atoms with Gasteiger partial charge in [-0.2, -0.15) is 0 Å². The molecule has 0 aromatic heterocycles. The van der Waals surface area contributed by atoms with Gasteiger partial charge in [0.05, 0.1) is 12.9 Å². The highest BCUT2D eigenvalue weighted by Gasteiger charge is 2.07. The number of rotatable bonds is 8. The van der Waals surface area contributed by atoms with Gasteiger partial charge in [0.25, 0.3) is 0 Å². The fourth-order valence-electron chi connectivity index (χ4n) is 1.27. The van der Waals surface area contributed by atoms with Gasteiger partial charge in [0.15, 0.2) is 0 Å². The summed E-state index contributed by atoms with van der Waals surface area (Å²) in [7, 11) is 0. The van der Waals surface area contributed by atoms with Crippen LogP contribution in [0.2, 0.25) is 0 Å². The molecule has 0 N–H and O–H groups in total. The van der Waals surface area contributed by atoms with Gasteiger partial charge in [-0.1, -0.05) is 46.3 Å². The molecule has 1 atom stereocenters. The molecule has 0 saturated heterocycles. The van der Waals surface area contributed by atoms with E-state index < -0.39 is 0 Å².